The van der Waals surface area contributed by atoms with E-state index in [1.165, 1.54) is 23.9 Å². The Morgan fingerprint density at radius 2 is 1.71 bits per heavy atom. The highest BCUT2D eigenvalue weighted by atomic mass is 35.5. The third-order valence-corrected chi connectivity index (χ3v) is 5.41. The fourth-order valence-corrected chi connectivity index (χ4v) is 3.68. The van der Waals surface area contributed by atoms with Gasteiger partial charge >= 0.3 is 0 Å². The highest BCUT2D eigenvalue weighted by Gasteiger charge is 2.15. The number of carbonyl (C=O) groups is 1. The molecule has 28 heavy (non-hydrogen) atoms. The van der Waals surface area contributed by atoms with Crippen LogP contribution in [0.5, 0.6) is 5.75 Å². The molecule has 0 aromatic heterocycles. The maximum atomic E-state index is 13.1. The van der Waals surface area contributed by atoms with Crippen molar-refractivity contribution in [1.82, 2.24) is 0 Å². The van der Waals surface area contributed by atoms with Crippen LogP contribution < -0.4 is 4.74 Å². The van der Waals surface area contributed by atoms with Crippen LogP contribution in [0.1, 0.15) is 21.5 Å². The first-order valence-electron chi connectivity index (χ1n) is 8.59. The topological polar surface area (TPSA) is 26.3 Å². The molecule has 0 saturated heterocycles. The number of halogens is 2. The van der Waals surface area contributed by atoms with Crippen molar-refractivity contribution >= 4 is 35.2 Å². The number of allylic oxidation sites excluding steroid dienone is 1. The van der Waals surface area contributed by atoms with Gasteiger partial charge in [-0.25, -0.2) is 4.39 Å². The fraction of sp³-hybridized carbons (Fsp3) is 0.0870. The quantitative estimate of drug-likeness (QED) is 0.321. The minimum absolute atomic E-state index is 0.102. The molecule has 0 amide bonds. The average Bonchev–Trinajstić information content (AvgIpc) is 2.72. The zero-order valence-corrected chi connectivity index (χ0v) is 16.8. The van der Waals surface area contributed by atoms with Crippen LogP contribution in [0, 0.1) is 5.82 Å². The van der Waals surface area contributed by atoms with Crippen LogP contribution in [-0.4, -0.2) is 12.9 Å². The van der Waals surface area contributed by atoms with Gasteiger partial charge in [-0.3, -0.25) is 4.79 Å². The molecule has 0 bridgehead atoms. The molecule has 3 aromatic rings. The molecule has 0 aliphatic carbocycles. The Hall–Kier alpha value is -2.56. The molecule has 142 valence electrons. The predicted molar refractivity (Wildman–Crippen MR) is 114 cm³/mol. The van der Waals surface area contributed by atoms with Crippen LogP contribution >= 0.6 is 23.4 Å². The van der Waals surface area contributed by atoms with Gasteiger partial charge in [-0.15, -0.1) is 11.8 Å². The second-order valence-electron chi connectivity index (χ2n) is 6.00. The summed E-state index contributed by atoms with van der Waals surface area (Å²) >= 11 is 7.34. The summed E-state index contributed by atoms with van der Waals surface area (Å²) in [5.41, 5.74) is 2.30. The van der Waals surface area contributed by atoms with Crippen molar-refractivity contribution in [2.24, 2.45) is 0 Å². The largest absolute Gasteiger partial charge is 0.496 e. The predicted octanol–water partition coefficient (Wildman–Crippen LogP) is 6.64. The minimum atomic E-state index is -0.282. The smallest absolute Gasteiger partial charge is 0.199 e. The molecule has 3 rings (SSSR count). The number of hydrogen-bond donors (Lipinski definition) is 0. The average molecular weight is 413 g/mol. The van der Waals surface area contributed by atoms with E-state index in [1.54, 1.807) is 43.5 Å². The Bertz CT molecular complexity index is 982. The maximum absolute atomic E-state index is 13.1. The Morgan fingerprint density at radius 3 is 2.39 bits per heavy atom. The zero-order valence-electron chi connectivity index (χ0n) is 15.2. The number of rotatable bonds is 7. The molecule has 0 N–H and O–H groups in total. The summed E-state index contributed by atoms with van der Waals surface area (Å²) in [6.45, 7) is 0. The lowest BCUT2D eigenvalue weighted by atomic mass is 10.1. The van der Waals surface area contributed by atoms with Crippen molar-refractivity contribution in [2.45, 2.75) is 5.75 Å². The van der Waals surface area contributed by atoms with Gasteiger partial charge in [0, 0.05) is 21.9 Å². The number of ketones is 1. The monoisotopic (exact) mass is 412 g/mol. The van der Waals surface area contributed by atoms with Crippen molar-refractivity contribution in [3.8, 4) is 5.75 Å². The second kappa shape index (κ2) is 9.58. The standard InChI is InChI=1S/C23H18ClFO2S/c1-27-21-5-3-2-4-18(21)14-22(23(26)17-8-10-19(24)11-9-17)28-15-16-6-12-20(25)13-7-16/h2-14H,15H2,1H3. The number of Topliss-reactive ketones (excluding diaryl/α,β-unsaturated/α-hetero) is 1. The molecule has 5 heteroatoms. The van der Waals surface area contributed by atoms with E-state index >= 15 is 0 Å². The SMILES string of the molecule is COc1ccccc1C=C(SCc1ccc(F)cc1)C(=O)c1ccc(Cl)cc1. The molecule has 3 aromatic carbocycles. The van der Waals surface area contributed by atoms with E-state index in [1.807, 2.05) is 30.3 Å². The first-order valence-corrected chi connectivity index (χ1v) is 9.95. The van der Waals surface area contributed by atoms with Crippen molar-refractivity contribution < 1.29 is 13.9 Å². The molecule has 0 fully saturated rings. The molecule has 0 saturated carbocycles. The van der Waals surface area contributed by atoms with Crippen LogP contribution in [0.3, 0.4) is 0 Å². The lowest BCUT2D eigenvalue weighted by Crippen LogP contribution is -2.02. The van der Waals surface area contributed by atoms with Crippen molar-refractivity contribution in [3.63, 3.8) is 0 Å². The number of ether oxygens (including phenoxy) is 1. The number of thioether (sulfide) groups is 1. The Balaban J connectivity index is 1.92. The lowest BCUT2D eigenvalue weighted by molar-refractivity contribution is 0.104. The van der Waals surface area contributed by atoms with Crippen LogP contribution in [0.4, 0.5) is 4.39 Å². The fourth-order valence-electron chi connectivity index (χ4n) is 2.58. The first kappa shape index (κ1) is 20.2. The number of para-hydroxylation sites is 1. The van der Waals surface area contributed by atoms with Crippen LogP contribution in [0.2, 0.25) is 5.02 Å². The van der Waals surface area contributed by atoms with Gasteiger partial charge in [0.25, 0.3) is 0 Å². The van der Waals surface area contributed by atoms with E-state index in [0.717, 1.165) is 11.1 Å². The van der Waals surface area contributed by atoms with E-state index in [2.05, 4.69) is 0 Å². The Labute approximate surface area is 173 Å². The van der Waals surface area contributed by atoms with E-state index in [9.17, 15) is 9.18 Å². The Morgan fingerprint density at radius 1 is 1.04 bits per heavy atom. The maximum Gasteiger partial charge on any atom is 0.199 e. The van der Waals surface area contributed by atoms with Gasteiger partial charge in [-0.1, -0.05) is 41.9 Å². The van der Waals surface area contributed by atoms with Crippen LogP contribution in [-0.2, 0) is 5.75 Å². The molecular weight excluding hydrogens is 395 g/mol. The third-order valence-electron chi connectivity index (χ3n) is 4.06. The molecule has 0 radical (unpaired) electrons. The third kappa shape index (κ3) is 5.24. The minimum Gasteiger partial charge on any atom is -0.496 e. The number of methoxy groups -OCH3 is 1. The molecule has 0 aliphatic rings. The number of hydrogen-bond acceptors (Lipinski definition) is 3. The van der Waals surface area contributed by atoms with Crippen molar-refractivity contribution in [3.05, 3.63) is 105 Å². The molecule has 2 nitrogen and oxygen atoms in total. The summed E-state index contributed by atoms with van der Waals surface area (Å²) in [7, 11) is 1.60. The molecule has 0 atom stereocenters. The zero-order chi connectivity index (χ0) is 19.9. The lowest BCUT2D eigenvalue weighted by Gasteiger charge is -2.10. The van der Waals surface area contributed by atoms with Gasteiger partial charge in [-0.05, 0) is 54.1 Å². The normalized spacial score (nSPS) is 11.3. The molecule has 0 heterocycles. The molecule has 0 spiro atoms. The second-order valence-corrected chi connectivity index (χ2v) is 7.46. The van der Waals surface area contributed by atoms with Crippen LogP contribution in [0.15, 0.2) is 77.7 Å². The first-order chi connectivity index (χ1) is 13.6. The van der Waals surface area contributed by atoms with E-state index in [4.69, 9.17) is 16.3 Å². The number of benzene rings is 3. The van der Waals surface area contributed by atoms with Gasteiger partial charge in [-0.2, -0.15) is 0 Å². The van der Waals surface area contributed by atoms with Crippen molar-refractivity contribution in [2.75, 3.05) is 7.11 Å². The molecule has 0 unspecified atom stereocenters. The summed E-state index contributed by atoms with van der Waals surface area (Å²) in [6.07, 6.45) is 1.82. The molecule has 0 aliphatic heterocycles. The van der Waals surface area contributed by atoms with E-state index in [0.29, 0.717) is 27.0 Å². The summed E-state index contributed by atoms with van der Waals surface area (Å²) in [5, 5.41) is 0.575. The van der Waals surface area contributed by atoms with E-state index in [-0.39, 0.29) is 11.6 Å². The van der Waals surface area contributed by atoms with Crippen molar-refractivity contribution in [1.29, 1.82) is 0 Å². The van der Waals surface area contributed by atoms with Gasteiger partial charge in [0.1, 0.15) is 11.6 Å². The van der Waals surface area contributed by atoms with Gasteiger partial charge in [0.05, 0.1) is 12.0 Å². The van der Waals surface area contributed by atoms with Gasteiger partial charge in [0.2, 0.25) is 0 Å². The molecular formula is C23H18ClFO2S. The van der Waals surface area contributed by atoms with Crippen LogP contribution in [0.25, 0.3) is 6.08 Å². The summed E-state index contributed by atoms with van der Waals surface area (Å²) < 4.78 is 18.5. The Kier molecular flexibility index (Phi) is 6.90. The summed E-state index contributed by atoms with van der Waals surface area (Å²) in [4.78, 5) is 13.7. The highest BCUT2D eigenvalue weighted by Crippen LogP contribution is 2.30. The van der Waals surface area contributed by atoms with E-state index < -0.39 is 0 Å². The van der Waals surface area contributed by atoms with Gasteiger partial charge < -0.3 is 4.74 Å². The summed E-state index contributed by atoms with van der Waals surface area (Å²) in [6, 6.07) is 20.6. The van der Waals surface area contributed by atoms with Gasteiger partial charge in [0.15, 0.2) is 5.78 Å². The highest BCUT2D eigenvalue weighted by molar-refractivity contribution is 8.03. The summed E-state index contributed by atoms with van der Waals surface area (Å²) in [5.74, 6) is 0.845. The number of carbonyl (C=O) groups excluding carboxylic acids is 1.